The van der Waals surface area contributed by atoms with Crippen molar-refractivity contribution in [1.82, 2.24) is 33.2 Å². The molecule has 0 saturated carbocycles. The third-order valence-electron chi connectivity index (χ3n) is 26.4. The number of aromatic nitrogens is 7. The van der Waals surface area contributed by atoms with Gasteiger partial charge in [0.1, 0.15) is 0 Å². The van der Waals surface area contributed by atoms with Crippen LogP contribution in [-0.2, 0) is 30.3 Å². The van der Waals surface area contributed by atoms with Crippen LogP contribution in [0, 0.1) is 6.07 Å². The number of aliphatic hydroxyl groups excluding tert-OH is 1. The molecule has 651 valence electrons. The first kappa shape index (κ1) is 84.8. The summed E-state index contributed by atoms with van der Waals surface area (Å²) >= 11 is 0. The number of carbonyl (C=O) groups excluding carboxylic acids is 1. The van der Waals surface area contributed by atoms with Gasteiger partial charge in [-0.2, -0.15) is 0 Å². The standard InChI is InChI=1S/C52H34N4.C50H30N2.C19H18N.C5H8O2.Ir/c1-3-15-35(16-4-1)36-27-29-37(30-28-36)46-34-47(54-52(53-46)38-17-5-2-6-18-38)39-31-40(55-48-23-11-7-19-42(48)43-20-8-12-24-49(43)55)33-41(32-39)56-50-25-13-9-21-44(50)45-22-10-14-26-51(45)56;1-2-12-34(13-3-1)51-45-20-9-8-17-38(45)43-29-32(22-26-47(43)51)33-23-27-48-44(30-33)41-24-21-31-11-4-5-14-35(31)50(41)52(48)46-28-25-40-37-16-7-6-15-36(37)39-18-10-19-42(46)49(39)40;1-19(2,3)16-10-8-15(9-11-16)18-17-7-5-4-6-14(17)12-13-20-18;1-4(6)3-5(2)7;/h1-34H;1-30H;4-8,10-13H,1-3H3;3,6H,1-2H3;/q;;-1;;. The topological polar surface area (TPSA) is 95.7 Å². The number of pyridine rings is 1. The van der Waals surface area contributed by atoms with Crippen molar-refractivity contribution in [3.05, 3.63) is 466 Å². The monoisotopic (exact) mass is 1930 g/mol. The molecule has 0 aliphatic heterocycles. The Morgan fingerprint density at radius 1 is 0.316 bits per heavy atom. The number of hydrogen-bond donors (Lipinski definition) is 1. The van der Waals surface area contributed by atoms with E-state index in [4.69, 9.17) is 15.1 Å². The van der Waals surface area contributed by atoms with Crippen molar-refractivity contribution in [1.29, 1.82) is 0 Å². The van der Waals surface area contributed by atoms with E-state index in [1.807, 2.05) is 36.5 Å². The molecule has 26 rings (SSSR count). The summed E-state index contributed by atoms with van der Waals surface area (Å²) in [6, 6.07) is 161. The van der Waals surface area contributed by atoms with E-state index >= 15 is 0 Å². The minimum atomic E-state index is -0.125. The Balaban J connectivity index is 0.000000124. The molecule has 0 spiro atoms. The molecule has 1 aliphatic carbocycles. The van der Waals surface area contributed by atoms with Gasteiger partial charge in [-0.15, -0.1) is 35.4 Å². The van der Waals surface area contributed by atoms with Gasteiger partial charge >= 0.3 is 0 Å². The van der Waals surface area contributed by atoms with Crippen molar-refractivity contribution in [2.75, 3.05) is 0 Å². The average Bonchev–Trinajstić information content (AvgIpc) is 1.54. The van der Waals surface area contributed by atoms with Gasteiger partial charge < -0.3 is 28.4 Å². The number of ketones is 1. The van der Waals surface area contributed by atoms with E-state index < -0.39 is 0 Å². The van der Waals surface area contributed by atoms with Gasteiger partial charge in [0.15, 0.2) is 11.6 Å². The summed E-state index contributed by atoms with van der Waals surface area (Å²) in [6.45, 7) is 9.49. The molecule has 1 aliphatic rings. The molecule has 0 fully saturated rings. The van der Waals surface area contributed by atoms with Crippen molar-refractivity contribution < 1.29 is 30.0 Å². The summed E-state index contributed by atoms with van der Waals surface area (Å²) in [5, 5.41) is 25.8. The van der Waals surface area contributed by atoms with E-state index in [9.17, 15) is 4.79 Å². The maximum absolute atomic E-state index is 10.0. The van der Waals surface area contributed by atoms with Gasteiger partial charge in [0.2, 0.25) is 0 Å². The Morgan fingerprint density at radius 2 is 0.743 bits per heavy atom. The second-order valence-electron chi connectivity index (χ2n) is 35.8. The summed E-state index contributed by atoms with van der Waals surface area (Å²) < 4.78 is 9.70. The molecule has 1 N–H and O–H groups in total. The molecule has 6 heterocycles. The van der Waals surface area contributed by atoms with Crippen LogP contribution in [0.4, 0.5) is 0 Å². The summed E-state index contributed by atoms with van der Waals surface area (Å²) in [5.74, 6) is 0.624. The van der Waals surface area contributed by atoms with Crippen LogP contribution < -0.4 is 0 Å². The van der Waals surface area contributed by atoms with Crippen LogP contribution in [0.1, 0.15) is 40.2 Å². The Labute approximate surface area is 801 Å². The molecule has 136 heavy (non-hydrogen) atoms. The SMILES string of the molecule is CC(=O)C=C(C)O.CC(C)(C)c1c[c-]c(-c2nccc3ccccc23)cc1.[Ir].c1ccc(-c2ccc(-c3cc(-c4cc(-n5c6ccccc6c6ccccc65)cc(-n5c6ccccc6c6ccccc65)c4)nc(-c4ccccc4)n3)cc2)cc1.c1ccc(-n2c3ccccc3c3cc(-c4ccc5c(c4)c4ccc6ccccc6c4n5-c4ccc5c6c(cccc46)-c4ccccc4-5)ccc32)cc1. The van der Waals surface area contributed by atoms with E-state index in [1.165, 1.54) is 179 Å². The van der Waals surface area contributed by atoms with Crippen molar-refractivity contribution in [2.24, 2.45) is 0 Å². The van der Waals surface area contributed by atoms with Gasteiger partial charge in [0.25, 0.3) is 0 Å². The van der Waals surface area contributed by atoms with Crippen LogP contribution in [0.2, 0.25) is 0 Å². The molecule has 19 aromatic carbocycles. The quantitative estimate of drug-likeness (QED) is 0.0791. The zero-order chi connectivity index (χ0) is 90.9. The van der Waals surface area contributed by atoms with Crippen LogP contribution >= 0.6 is 0 Å². The van der Waals surface area contributed by atoms with Gasteiger partial charge in [-0.05, 0) is 194 Å². The van der Waals surface area contributed by atoms with Gasteiger partial charge in [-0.3, -0.25) is 4.79 Å². The molecular formula is C126H90IrN7O2-. The predicted octanol–water partition coefficient (Wildman–Crippen LogP) is 32.9. The molecule has 25 aromatic rings. The first-order valence-corrected chi connectivity index (χ1v) is 45.9. The number of para-hydroxylation sites is 6. The Hall–Kier alpha value is -16.8. The fraction of sp³-hybridized carbons (Fsp3) is 0.0476. The third kappa shape index (κ3) is 15.4. The van der Waals surface area contributed by atoms with Gasteiger partial charge in [-0.25, -0.2) is 9.97 Å². The van der Waals surface area contributed by atoms with Crippen molar-refractivity contribution >= 4 is 125 Å². The molecule has 0 saturated heterocycles. The van der Waals surface area contributed by atoms with Crippen LogP contribution in [-0.4, -0.2) is 44.1 Å². The average molecular weight is 1930 g/mol. The van der Waals surface area contributed by atoms with Crippen LogP contribution in [0.15, 0.2) is 455 Å². The molecule has 1 radical (unpaired) electrons. The fourth-order valence-electron chi connectivity index (χ4n) is 20.2. The van der Waals surface area contributed by atoms with E-state index in [0.29, 0.717) is 5.82 Å². The fourth-order valence-corrected chi connectivity index (χ4v) is 20.2. The number of benzene rings is 19. The normalized spacial score (nSPS) is 11.8. The molecule has 0 bridgehead atoms. The number of rotatable bonds is 11. The van der Waals surface area contributed by atoms with Gasteiger partial charge in [-0.1, -0.05) is 336 Å². The summed E-state index contributed by atoms with van der Waals surface area (Å²) in [7, 11) is 0. The van der Waals surface area contributed by atoms with Crippen molar-refractivity contribution in [3.8, 4) is 112 Å². The molecule has 0 unspecified atom stereocenters. The number of fused-ring (bicyclic) bond motifs is 18. The summed E-state index contributed by atoms with van der Waals surface area (Å²) in [5.41, 5.74) is 32.4. The molecule has 10 heteroatoms. The zero-order valence-electron chi connectivity index (χ0n) is 75.5. The molecule has 9 nitrogen and oxygen atoms in total. The van der Waals surface area contributed by atoms with Crippen molar-refractivity contribution in [2.45, 2.75) is 40.0 Å². The minimum absolute atomic E-state index is 0. The second-order valence-corrected chi connectivity index (χ2v) is 35.8. The summed E-state index contributed by atoms with van der Waals surface area (Å²) in [6.07, 6.45) is 3.03. The van der Waals surface area contributed by atoms with Crippen LogP contribution in [0.3, 0.4) is 0 Å². The largest absolute Gasteiger partial charge is 0.512 e. The molecule has 0 amide bonds. The molecular weight excluding hydrogens is 1840 g/mol. The van der Waals surface area contributed by atoms with Gasteiger partial charge in [0.05, 0.1) is 67.0 Å². The van der Waals surface area contributed by atoms with E-state index in [0.717, 1.165) is 72.8 Å². The summed E-state index contributed by atoms with van der Waals surface area (Å²) in [4.78, 5) is 25.1. The molecule has 0 atom stereocenters. The Bertz CT molecular complexity index is 8730. The minimum Gasteiger partial charge on any atom is -0.512 e. The predicted molar refractivity (Wildman–Crippen MR) is 564 cm³/mol. The van der Waals surface area contributed by atoms with Gasteiger partial charge in [0, 0.05) is 120 Å². The van der Waals surface area contributed by atoms with Crippen molar-refractivity contribution in [3.63, 3.8) is 0 Å². The maximum Gasteiger partial charge on any atom is 0.160 e. The number of allylic oxidation sites excluding steroid dienone is 2. The third-order valence-corrected chi connectivity index (χ3v) is 26.4. The number of aliphatic hydroxyl groups is 1. The van der Waals surface area contributed by atoms with Crippen LogP contribution in [0.25, 0.3) is 232 Å². The maximum atomic E-state index is 10.0. The number of carbonyl (C=O) groups is 1. The zero-order valence-corrected chi connectivity index (χ0v) is 77.9. The number of nitrogens with zero attached hydrogens (tertiary/aromatic N) is 7. The van der Waals surface area contributed by atoms with E-state index in [2.05, 4.69) is 457 Å². The van der Waals surface area contributed by atoms with E-state index in [-0.39, 0.29) is 37.1 Å². The van der Waals surface area contributed by atoms with Crippen LogP contribution in [0.5, 0.6) is 0 Å². The Kier molecular flexibility index (Phi) is 22.1. The smallest absolute Gasteiger partial charge is 0.160 e. The second kappa shape index (κ2) is 35.4. The Morgan fingerprint density at radius 3 is 1.28 bits per heavy atom. The first-order valence-electron chi connectivity index (χ1n) is 45.9. The van der Waals surface area contributed by atoms with E-state index in [1.54, 1.807) is 0 Å². The molecule has 6 aromatic heterocycles. The number of hydrogen-bond acceptors (Lipinski definition) is 5. The first-order chi connectivity index (χ1) is 66.3.